The molecule has 1 rings (SSSR count). The van der Waals surface area contributed by atoms with E-state index >= 15 is 0 Å². The van der Waals surface area contributed by atoms with E-state index in [1.165, 1.54) is 7.05 Å². The van der Waals surface area contributed by atoms with E-state index in [1.54, 1.807) is 0 Å². The van der Waals surface area contributed by atoms with Crippen molar-refractivity contribution in [3.8, 4) is 0 Å². The molecular weight excluding hydrogens is 146 g/mol. The molecule has 3 nitrogen and oxygen atoms in total. The van der Waals surface area contributed by atoms with Crippen LogP contribution in [-0.2, 0) is 7.05 Å². The predicted octanol–water partition coefficient (Wildman–Crippen LogP) is -0.130. The van der Waals surface area contributed by atoms with Crippen LogP contribution in [0.15, 0.2) is 6.20 Å². The second-order valence-corrected chi connectivity index (χ2v) is 1.83. The summed E-state index contributed by atoms with van der Waals surface area (Å²) in [5, 5.41) is 6.37. The Bertz CT molecular complexity index is 229. The van der Waals surface area contributed by atoms with Crippen molar-refractivity contribution < 1.29 is 12.9 Å². The van der Waals surface area contributed by atoms with Crippen LogP contribution in [0.2, 0.25) is 0 Å². The Labute approximate surface area is 54.9 Å². The zero-order valence-electron chi connectivity index (χ0n) is 5.13. The van der Waals surface area contributed by atoms with Crippen LogP contribution in [0.25, 0.3) is 0 Å². The van der Waals surface area contributed by atoms with Crippen molar-refractivity contribution in [1.29, 1.82) is 0 Å². The lowest BCUT2D eigenvalue weighted by Crippen LogP contribution is -2.35. The summed E-state index contributed by atoms with van der Waals surface area (Å²) in [5.74, 6) is 0. The third-order valence-corrected chi connectivity index (χ3v) is 0.953. The summed E-state index contributed by atoms with van der Waals surface area (Å²) >= 11 is 0. The van der Waals surface area contributed by atoms with Gasteiger partial charge >= 0.3 is 6.98 Å². The summed E-state index contributed by atoms with van der Waals surface area (Å²) in [6, 6.07) is 0. The van der Waals surface area contributed by atoms with Crippen LogP contribution in [0.4, 0.5) is 12.9 Å². The van der Waals surface area contributed by atoms with Crippen LogP contribution in [0, 0.1) is 0 Å². The lowest BCUT2D eigenvalue weighted by Gasteiger charge is -2.07. The van der Waals surface area contributed by atoms with Gasteiger partial charge in [0.15, 0.2) is 0 Å². The van der Waals surface area contributed by atoms with E-state index in [9.17, 15) is 12.9 Å². The predicted molar refractivity (Wildman–Crippen MR) is 29.7 cm³/mol. The first-order chi connectivity index (χ1) is 4.50. The van der Waals surface area contributed by atoms with Gasteiger partial charge in [-0.1, -0.05) is 0 Å². The number of rotatable bonds is 1. The largest absolute Gasteiger partial charge is 0.531 e. The number of nitrogens with zero attached hydrogens (tertiary/aromatic N) is 3. The van der Waals surface area contributed by atoms with Crippen LogP contribution in [0.3, 0.4) is 0 Å². The molecule has 0 amide bonds. The van der Waals surface area contributed by atoms with Crippen molar-refractivity contribution in [2.45, 2.75) is 0 Å². The second-order valence-electron chi connectivity index (χ2n) is 1.83. The van der Waals surface area contributed by atoms with Crippen molar-refractivity contribution in [3.05, 3.63) is 6.20 Å². The van der Waals surface area contributed by atoms with Gasteiger partial charge in [0, 0.05) is 18.8 Å². The highest BCUT2D eigenvalue weighted by molar-refractivity contribution is 6.72. The Kier molecular flexibility index (Phi) is 1.42. The van der Waals surface area contributed by atoms with Gasteiger partial charge < -0.3 is 12.9 Å². The number of hydrogen-bond acceptors (Lipinski definition) is 2. The lowest BCUT2D eigenvalue weighted by atomic mass is 9.87. The molecule has 0 atom stereocenters. The first kappa shape index (κ1) is 7.11. The molecule has 0 aromatic carbocycles. The van der Waals surface area contributed by atoms with Crippen molar-refractivity contribution in [2.24, 2.45) is 7.05 Å². The SMILES string of the molecule is Cn1ncc([B-](F)(F)F)n1. The minimum absolute atomic E-state index is 0.708. The molecule has 0 radical (unpaired) electrons. The molecule has 0 saturated carbocycles. The van der Waals surface area contributed by atoms with Crippen LogP contribution >= 0.6 is 0 Å². The van der Waals surface area contributed by atoms with Crippen molar-refractivity contribution >= 4 is 12.6 Å². The van der Waals surface area contributed by atoms with Gasteiger partial charge in [-0.25, -0.2) is 0 Å². The molecule has 0 unspecified atom stereocenters. The van der Waals surface area contributed by atoms with Crippen LogP contribution in [0.5, 0.6) is 0 Å². The zero-order valence-corrected chi connectivity index (χ0v) is 5.13. The first-order valence-corrected chi connectivity index (χ1v) is 2.56. The Morgan fingerprint density at radius 3 is 2.30 bits per heavy atom. The Morgan fingerprint density at radius 2 is 2.10 bits per heavy atom. The van der Waals surface area contributed by atoms with E-state index in [1.807, 2.05) is 0 Å². The molecule has 1 aromatic heterocycles. The molecule has 56 valence electrons. The molecular formula is C3H4BF3N3-. The van der Waals surface area contributed by atoms with Gasteiger partial charge in [-0.3, -0.25) is 0 Å². The molecule has 0 fully saturated rings. The van der Waals surface area contributed by atoms with Gasteiger partial charge in [0.05, 0.1) is 0 Å². The minimum Gasteiger partial charge on any atom is -0.444 e. The molecule has 0 bridgehead atoms. The summed E-state index contributed by atoms with van der Waals surface area (Å²) in [7, 11) is 1.34. The first-order valence-electron chi connectivity index (χ1n) is 2.56. The zero-order chi connectivity index (χ0) is 7.78. The fraction of sp³-hybridized carbons (Fsp3) is 0.333. The molecule has 0 N–H and O–H groups in total. The summed E-state index contributed by atoms with van der Waals surface area (Å²) in [5.41, 5.74) is -0.900. The van der Waals surface area contributed by atoms with E-state index < -0.39 is 12.6 Å². The highest BCUT2D eigenvalue weighted by atomic mass is 19.4. The second kappa shape index (κ2) is 2.00. The average molecular weight is 150 g/mol. The van der Waals surface area contributed by atoms with Gasteiger partial charge in [0.25, 0.3) is 0 Å². The number of aryl methyl sites for hydroxylation is 1. The standard InChI is InChI=1S/C3H4BF3N3/c1-10-8-2-3(9-10)4(5,6)7/h2H,1H3/q-1. The topological polar surface area (TPSA) is 30.7 Å². The van der Waals surface area contributed by atoms with Gasteiger partial charge in [0.2, 0.25) is 0 Å². The highest BCUT2D eigenvalue weighted by Gasteiger charge is 2.28. The molecule has 1 aromatic rings. The monoisotopic (exact) mass is 150 g/mol. The number of aromatic nitrogens is 3. The van der Waals surface area contributed by atoms with E-state index in [0.717, 1.165) is 4.80 Å². The molecule has 0 saturated heterocycles. The summed E-state index contributed by atoms with van der Waals surface area (Å²) in [6.07, 6.45) is 0.708. The van der Waals surface area contributed by atoms with E-state index in [-0.39, 0.29) is 0 Å². The molecule has 0 spiro atoms. The van der Waals surface area contributed by atoms with E-state index in [2.05, 4.69) is 10.2 Å². The maximum Gasteiger partial charge on any atom is 0.531 e. The van der Waals surface area contributed by atoms with Gasteiger partial charge in [0.1, 0.15) is 0 Å². The third kappa shape index (κ3) is 1.28. The van der Waals surface area contributed by atoms with Crippen molar-refractivity contribution in [2.75, 3.05) is 0 Å². The number of hydrogen-bond donors (Lipinski definition) is 0. The molecule has 0 aliphatic rings. The summed E-state index contributed by atoms with van der Waals surface area (Å²) in [6.45, 7) is -4.98. The normalized spacial score (nSPS) is 12.0. The van der Waals surface area contributed by atoms with E-state index in [0.29, 0.717) is 6.20 Å². The molecule has 0 aliphatic carbocycles. The fourth-order valence-electron chi connectivity index (χ4n) is 0.511. The fourth-order valence-corrected chi connectivity index (χ4v) is 0.511. The maximum atomic E-state index is 11.7. The Hall–Kier alpha value is -1.01. The molecule has 7 heteroatoms. The van der Waals surface area contributed by atoms with E-state index in [4.69, 9.17) is 0 Å². The minimum atomic E-state index is -4.98. The number of halogens is 3. The van der Waals surface area contributed by atoms with Crippen molar-refractivity contribution in [1.82, 2.24) is 15.0 Å². The molecule has 10 heavy (non-hydrogen) atoms. The molecule has 0 aliphatic heterocycles. The smallest absolute Gasteiger partial charge is 0.444 e. The molecule has 1 heterocycles. The maximum absolute atomic E-state index is 11.7. The summed E-state index contributed by atoms with van der Waals surface area (Å²) < 4.78 is 35.2. The van der Waals surface area contributed by atoms with Crippen molar-refractivity contribution in [3.63, 3.8) is 0 Å². The Balaban J connectivity index is 2.96. The van der Waals surface area contributed by atoms with Crippen LogP contribution in [-0.4, -0.2) is 22.0 Å². The van der Waals surface area contributed by atoms with Gasteiger partial charge in [-0.2, -0.15) is 15.0 Å². The average Bonchev–Trinajstić information content (AvgIpc) is 2.11. The van der Waals surface area contributed by atoms with Crippen LogP contribution < -0.4 is 5.59 Å². The third-order valence-electron chi connectivity index (χ3n) is 0.953. The van der Waals surface area contributed by atoms with Gasteiger partial charge in [-0.05, 0) is 0 Å². The Morgan fingerprint density at radius 1 is 1.50 bits per heavy atom. The van der Waals surface area contributed by atoms with Gasteiger partial charge in [-0.15, -0.1) is 0 Å². The quantitative estimate of drug-likeness (QED) is 0.522. The van der Waals surface area contributed by atoms with Crippen LogP contribution in [0.1, 0.15) is 0 Å². The summed E-state index contributed by atoms with van der Waals surface area (Å²) in [4.78, 5) is 0.880. The lowest BCUT2D eigenvalue weighted by molar-refractivity contribution is 0.496. The highest BCUT2D eigenvalue weighted by Crippen LogP contribution is 2.05.